The highest BCUT2D eigenvalue weighted by Crippen LogP contribution is 2.14. The molecule has 0 fully saturated rings. The fraction of sp³-hybridized carbons (Fsp3) is 0.462. The quantitative estimate of drug-likeness (QED) is 0.456. The number of anilines is 1. The lowest BCUT2D eigenvalue weighted by atomic mass is 10.1. The Balaban J connectivity index is 2.36. The predicted molar refractivity (Wildman–Crippen MR) is 81.0 cm³/mol. The van der Waals surface area contributed by atoms with Crippen molar-refractivity contribution < 1.29 is 4.90 Å². The number of quaternary nitrogens is 1. The molecule has 4 N–H and O–H groups in total. The maximum absolute atomic E-state index is 5.19. The molecule has 1 aromatic rings. The first-order valence-electron chi connectivity index (χ1n) is 6.15. The topological polar surface area (TPSA) is 40.5 Å². The van der Waals surface area contributed by atoms with Crippen LogP contribution in [0.3, 0.4) is 0 Å². The van der Waals surface area contributed by atoms with E-state index in [9.17, 15) is 0 Å². The third kappa shape index (κ3) is 5.33. The van der Waals surface area contributed by atoms with Crippen LogP contribution < -0.4 is 21.1 Å². The molecule has 1 aromatic carbocycles. The van der Waals surface area contributed by atoms with Gasteiger partial charge in [0.25, 0.3) is 0 Å². The Morgan fingerprint density at radius 1 is 1.28 bits per heavy atom. The molecule has 0 aromatic heterocycles. The second-order valence-electron chi connectivity index (χ2n) is 4.78. The maximum Gasteiger partial charge on any atom is 0.185 e. The number of likely N-dealkylation sites (N-methyl/N-ethyl adjacent to an activating group) is 1. The summed E-state index contributed by atoms with van der Waals surface area (Å²) in [6, 6.07) is 6.27. The first-order chi connectivity index (χ1) is 8.49. The molecule has 0 aliphatic carbocycles. The van der Waals surface area contributed by atoms with Crippen LogP contribution >= 0.6 is 12.2 Å². The summed E-state index contributed by atoms with van der Waals surface area (Å²) in [7, 11) is 4.24. The highest BCUT2D eigenvalue weighted by atomic mass is 32.1. The average Bonchev–Trinajstić information content (AvgIpc) is 2.30. The van der Waals surface area contributed by atoms with Gasteiger partial charge in [-0.15, -0.1) is 0 Å². The largest absolute Gasteiger partial charge is 0.356 e. The van der Waals surface area contributed by atoms with Gasteiger partial charge in [0.05, 0.1) is 32.9 Å². The monoisotopic (exact) mass is 267 g/mol. The molecular formula is C13H23N4S+. The van der Waals surface area contributed by atoms with E-state index in [1.165, 1.54) is 16.0 Å². The van der Waals surface area contributed by atoms with Gasteiger partial charge >= 0.3 is 0 Å². The van der Waals surface area contributed by atoms with Gasteiger partial charge in [-0.25, -0.2) is 0 Å². The molecule has 0 radical (unpaired) electrons. The van der Waals surface area contributed by atoms with Gasteiger partial charge in [0.15, 0.2) is 5.11 Å². The molecule has 0 spiro atoms. The van der Waals surface area contributed by atoms with Gasteiger partial charge in [0, 0.05) is 0 Å². The van der Waals surface area contributed by atoms with E-state index in [-0.39, 0.29) is 0 Å². The van der Waals surface area contributed by atoms with E-state index in [1.54, 1.807) is 0 Å². The first kappa shape index (κ1) is 14.7. The molecule has 0 bridgehead atoms. The lowest BCUT2D eigenvalue weighted by Gasteiger charge is -2.15. The Kier molecular flexibility index (Phi) is 5.88. The predicted octanol–water partition coefficient (Wildman–Crippen LogP) is 0.239. The number of benzene rings is 1. The third-order valence-electron chi connectivity index (χ3n) is 2.61. The highest BCUT2D eigenvalue weighted by molar-refractivity contribution is 7.80. The van der Waals surface area contributed by atoms with Crippen molar-refractivity contribution in [3.05, 3.63) is 29.3 Å². The van der Waals surface area contributed by atoms with E-state index in [0.29, 0.717) is 5.11 Å². The molecule has 5 heteroatoms. The molecule has 0 unspecified atom stereocenters. The maximum atomic E-state index is 5.19. The van der Waals surface area contributed by atoms with Crippen LogP contribution in [0.1, 0.15) is 11.1 Å². The number of nitrogens with one attached hydrogen (secondary N) is 4. The van der Waals surface area contributed by atoms with E-state index in [2.05, 4.69) is 62.3 Å². The molecule has 0 aliphatic rings. The van der Waals surface area contributed by atoms with Crippen molar-refractivity contribution in [1.29, 1.82) is 0 Å². The van der Waals surface area contributed by atoms with E-state index >= 15 is 0 Å². The van der Waals surface area contributed by atoms with Gasteiger partial charge in [-0.3, -0.25) is 10.9 Å². The van der Waals surface area contributed by atoms with Crippen molar-refractivity contribution in [2.45, 2.75) is 13.8 Å². The van der Waals surface area contributed by atoms with Crippen molar-refractivity contribution in [2.75, 3.05) is 32.6 Å². The summed E-state index contributed by atoms with van der Waals surface area (Å²) in [6.45, 7) is 6.03. The molecule has 18 heavy (non-hydrogen) atoms. The minimum atomic E-state index is 0.622. The van der Waals surface area contributed by atoms with Crippen LogP contribution in [-0.2, 0) is 0 Å². The van der Waals surface area contributed by atoms with Gasteiger partial charge in [-0.1, -0.05) is 12.1 Å². The summed E-state index contributed by atoms with van der Waals surface area (Å²) in [6.07, 6.45) is 0. The Morgan fingerprint density at radius 2 is 2.00 bits per heavy atom. The van der Waals surface area contributed by atoms with Crippen molar-refractivity contribution in [2.24, 2.45) is 0 Å². The molecule has 0 aliphatic heterocycles. The zero-order valence-corrected chi connectivity index (χ0v) is 12.4. The zero-order chi connectivity index (χ0) is 13.5. The number of aryl methyl sites for hydroxylation is 2. The zero-order valence-electron chi connectivity index (χ0n) is 11.6. The fourth-order valence-electron chi connectivity index (χ4n) is 1.46. The molecule has 0 atom stereocenters. The van der Waals surface area contributed by atoms with E-state index < -0.39 is 0 Å². The van der Waals surface area contributed by atoms with Gasteiger partial charge in [-0.05, 0) is 43.3 Å². The standard InChI is InChI=1S/C13H22N4S/c1-10-5-6-11(2)12(9-10)15-16-13(18)14-7-8-17(3)4/h5-6,9,15H,7-8H2,1-4H3,(H2,14,16,18)/p+1. The first-order valence-corrected chi connectivity index (χ1v) is 6.56. The molecule has 1 rings (SSSR count). The molecule has 4 nitrogen and oxygen atoms in total. The Morgan fingerprint density at radius 3 is 2.67 bits per heavy atom. The summed E-state index contributed by atoms with van der Waals surface area (Å²) < 4.78 is 0. The van der Waals surface area contributed by atoms with Gasteiger partial charge in [0.2, 0.25) is 0 Å². The molecule has 0 saturated carbocycles. The minimum Gasteiger partial charge on any atom is -0.356 e. The minimum absolute atomic E-state index is 0.622. The average molecular weight is 267 g/mol. The summed E-state index contributed by atoms with van der Waals surface area (Å²) in [5.74, 6) is 0. The Labute approximate surface area is 115 Å². The summed E-state index contributed by atoms with van der Waals surface area (Å²) in [4.78, 5) is 1.40. The fourth-order valence-corrected chi connectivity index (χ4v) is 1.62. The van der Waals surface area contributed by atoms with Crippen molar-refractivity contribution in [3.8, 4) is 0 Å². The second kappa shape index (κ2) is 7.18. The Hall–Kier alpha value is -1.33. The number of hydrogen-bond acceptors (Lipinski definition) is 2. The van der Waals surface area contributed by atoms with E-state index in [4.69, 9.17) is 12.2 Å². The smallest absolute Gasteiger partial charge is 0.185 e. The molecule has 100 valence electrons. The van der Waals surface area contributed by atoms with Crippen LogP contribution in [0.15, 0.2) is 18.2 Å². The highest BCUT2D eigenvalue weighted by Gasteiger charge is 2.00. The molecular weight excluding hydrogens is 244 g/mol. The van der Waals surface area contributed by atoms with Crippen LogP contribution in [0, 0.1) is 13.8 Å². The van der Waals surface area contributed by atoms with Gasteiger partial charge < -0.3 is 10.2 Å². The van der Waals surface area contributed by atoms with Gasteiger partial charge in [-0.2, -0.15) is 0 Å². The molecule has 0 heterocycles. The number of thiocarbonyl (C=S) groups is 1. The second-order valence-corrected chi connectivity index (χ2v) is 5.19. The summed E-state index contributed by atoms with van der Waals surface area (Å²) in [5.41, 5.74) is 9.60. The Bertz CT molecular complexity index is 404. The lowest BCUT2D eigenvalue weighted by molar-refractivity contribution is -0.856. The van der Waals surface area contributed by atoms with Crippen LogP contribution in [0.4, 0.5) is 5.69 Å². The lowest BCUT2D eigenvalue weighted by Crippen LogP contribution is -3.06. The number of rotatable bonds is 5. The van der Waals surface area contributed by atoms with Crippen molar-refractivity contribution >= 4 is 23.0 Å². The summed E-state index contributed by atoms with van der Waals surface area (Å²) in [5, 5.41) is 3.78. The van der Waals surface area contributed by atoms with Crippen molar-refractivity contribution in [1.82, 2.24) is 10.7 Å². The molecule has 0 amide bonds. The van der Waals surface area contributed by atoms with Crippen LogP contribution in [-0.4, -0.2) is 32.3 Å². The van der Waals surface area contributed by atoms with Crippen molar-refractivity contribution in [3.63, 3.8) is 0 Å². The SMILES string of the molecule is Cc1ccc(C)c(NNC(=S)NCC[NH+](C)C)c1. The van der Waals surface area contributed by atoms with Crippen LogP contribution in [0.5, 0.6) is 0 Å². The van der Waals surface area contributed by atoms with Crippen LogP contribution in [0.2, 0.25) is 0 Å². The third-order valence-corrected chi connectivity index (χ3v) is 2.86. The summed E-state index contributed by atoms with van der Waals surface area (Å²) >= 11 is 5.19. The van der Waals surface area contributed by atoms with Crippen LogP contribution in [0.25, 0.3) is 0 Å². The normalized spacial score (nSPS) is 10.3. The van der Waals surface area contributed by atoms with Gasteiger partial charge in [0.1, 0.15) is 0 Å². The molecule has 0 saturated heterocycles. The van der Waals surface area contributed by atoms with E-state index in [1.807, 2.05) is 0 Å². The number of hydrogen-bond donors (Lipinski definition) is 4. The number of hydrazine groups is 1. The van der Waals surface area contributed by atoms with E-state index in [0.717, 1.165) is 18.8 Å².